The lowest BCUT2D eigenvalue weighted by molar-refractivity contribution is 0.179. The van der Waals surface area contributed by atoms with Gasteiger partial charge in [-0.25, -0.2) is 4.18 Å². The lowest BCUT2D eigenvalue weighted by Crippen LogP contribution is -2.29. The maximum atomic E-state index is 13.2. The van der Waals surface area contributed by atoms with E-state index in [9.17, 15) is 18.6 Å². The Labute approximate surface area is 215 Å². The second-order valence-corrected chi connectivity index (χ2v) is 10.4. The second-order valence-electron chi connectivity index (χ2n) is 8.91. The number of rotatable bonds is 4. The third-order valence-electron chi connectivity index (χ3n) is 6.75. The van der Waals surface area contributed by atoms with Gasteiger partial charge in [-0.1, -0.05) is 103 Å². The van der Waals surface area contributed by atoms with Gasteiger partial charge in [0, 0.05) is 16.7 Å². The predicted molar refractivity (Wildman–Crippen MR) is 142 cm³/mol. The first-order valence-corrected chi connectivity index (χ1v) is 13.1. The van der Waals surface area contributed by atoms with Crippen molar-refractivity contribution in [3.8, 4) is 33.8 Å². The van der Waals surface area contributed by atoms with Crippen LogP contribution >= 0.6 is 0 Å². The van der Waals surface area contributed by atoms with Crippen LogP contribution in [-0.4, -0.2) is 18.6 Å². The van der Waals surface area contributed by atoms with E-state index in [1.54, 1.807) is 42.5 Å². The Kier molecular flexibility index (Phi) is 5.37. The van der Waals surface area contributed by atoms with Gasteiger partial charge in [-0.2, -0.15) is 8.42 Å². The molecule has 0 spiro atoms. The molecule has 0 bridgehead atoms. The van der Waals surface area contributed by atoms with Gasteiger partial charge in [-0.15, -0.1) is 0 Å². The highest BCUT2D eigenvalue weighted by Gasteiger charge is 2.51. The molecule has 0 fully saturated rings. The van der Waals surface area contributed by atoms with Gasteiger partial charge in [-0.3, -0.25) is 0 Å². The molecule has 0 aliphatic carbocycles. The first-order chi connectivity index (χ1) is 17.9. The first-order valence-electron chi connectivity index (χ1n) is 11.7. The van der Waals surface area contributed by atoms with Gasteiger partial charge in [0.05, 0.1) is 0 Å². The fourth-order valence-electron chi connectivity index (χ4n) is 5.03. The summed E-state index contributed by atoms with van der Waals surface area (Å²) in [7, 11) is -4.12. The van der Waals surface area contributed by atoms with E-state index < -0.39 is 15.7 Å². The molecular weight excluding hydrogens is 484 g/mol. The summed E-state index contributed by atoms with van der Waals surface area (Å²) in [6.07, 6.45) is 0. The van der Waals surface area contributed by atoms with Gasteiger partial charge in [0.25, 0.3) is 10.1 Å². The smallest absolute Gasteiger partial charge is 0.298 e. The molecule has 37 heavy (non-hydrogen) atoms. The maximum Gasteiger partial charge on any atom is 0.298 e. The molecule has 6 heteroatoms. The molecule has 5 aromatic rings. The van der Waals surface area contributed by atoms with E-state index in [1.807, 2.05) is 60.7 Å². The van der Waals surface area contributed by atoms with E-state index in [2.05, 4.69) is 0 Å². The molecule has 0 amide bonds. The molecule has 1 aliphatic rings. The highest BCUT2D eigenvalue weighted by molar-refractivity contribution is 7.87. The highest BCUT2D eigenvalue weighted by Crippen LogP contribution is 2.52. The van der Waals surface area contributed by atoms with Crippen molar-refractivity contribution in [1.29, 1.82) is 0 Å². The monoisotopic (exact) mass is 506 g/mol. The van der Waals surface area contributed by atoms with Crippen LogP contribution in [0.2, 0.25) is 0 Å². The molecule has 2 N–H and O–H groups in total. The summed E-state index contributed by atoms with van der Waals surface area (Å²) in [5.74, 6) is -0.0304. The number of hydrogen-bond donors (Lipinski definition) is 2. The first kappa shape index (κ1) is 23.0. The summed E-state index contributed by atoms with van der Waals surface area (Å²) in [6.45, 7) is 0. The fourth-order valence-corrected chi connectivity index (χ4v) is 6.46. The van der Waals surface area contributed by atoms with Crippen LogP contribution in [0.4, 0.5) is 0 Å². The number of aromatic hydroxyl groups is 2. The van der Waals surface area contributed by atoms with Crippen molar-refractivity contribution < 1.29 is 22.8 Å². The van der Waals surface area contributed by atoms with Crippen molar-refractivity contribution in [1.82, 2.24) is 0 Å². The predicted octanol–water partition coefficient (Wildman–Crippen LogP) is 6.44. The van der Waals surface area contributed by atoms with Crippen molar-refractivity contribution in [3.05, 3.63) is 138 Å². The molecule has 0 saturated heterocycles. The molecule has 0 atom stereocenters. The quantitative estimate of drug-likeness (QED) is 0.274. The summed E-state index contributed by atoms with van der Waals surface area (Å²) < 4.78 is 32.4. The lowest BCUT2D eigenvalue weighted by Gasteiger charge is -2.30. The zero-order valence-electron chi connectivity index (χ0n) is 19.6. The average molecular weight is 507 g/mol. The minimum atomic E-state index is -4.12. The second kappa shape index (κ2) is 8.62. The Hall–Kier alpha value is -4.39. The molecule has 5 aromatic carbocycles. The fraction of sp³-hybridized carbons (Fsp3) is 0.0323. The molecule has 5 nitrogen and oxygen atoms in total. The van der Waals surface area contributed by atoms with Crippen molar-refractivity contribution in [3.63, 3.8) is 0 Å². The third-order valence-corrected chi connectivity index (χ3v) is 8.11. The Morgan fingerprint density at radius 2 is 1.03 bits per heavy atom. The van der Waals surface area contributed by atoms with E-state index in [-0.39, 0.29) is 16.4 Å². The van der Waals surface area contributed by atoms with Crippen LogP contribution in [0.15, 0.2) is 126 Å². The standard InChI is InChI=1S/C31H22O5S/c32-28-19-23(15-17-25(28)21-9-3-1-4-10-21)31(27-13-7-8-14-30(27)37(34,35)36-31)24-16-18-26(29(33)20-24)22-11-5-2-6-12-22/h1-20,32-33H. The van der Waals surface area contributed by atoms with Crippen molar-refractivity contribution >= 4 is 10.1 Å². The van der Waals surface area contributed by atoms with E-state index in [0.29, 0.717) is 27.8 Å². The number of fused-ring (bicyclic) bond motifs is 1. The largest absolute Gasteiger partial charge is 0.507 e. The average Bonchev–Trinajstić information content (AvgIpc) is 3.17. The Balaban J connectivity index is 1.59. The highest BCUT2D eigenvalue weighted by atomic mass is 32.2. The maximum absolute atomic E-state index is 13.2. The van der Waals surface area contributed by atoms with Crippen molar-refractivity contribution in [2.45, 2.75) is 10.5 Å². The normalized spacial score (nSPS) is 15.2. The molecule has 0 saturated carbocycles. The topological polar surface area (TPSA) is 83.8 Å². The Morgan fingerprint density at radius 3 is 1.51 bits per heavy atom. The summed E-state index contributed by atoms with van der Waals surface area (Å²) in [4.78, 5) is 0.0493. The number of hydrogen-bond acceptors (Lipinski definition) is 5. The van der Waals surface area contributed by atoms with Crippen LogP contribution in [0.1, 0.15) is 16.7 Å². The Morgan fingerprint density at radius 1 is 0.568 bits per heavy atom. The van der Waals surface area contributed by atoms with E-state index in [0.717, 1.165) is 11.1 Å². The van der Waals surface area contributed by atoms with Crippen LogP contribution in [0, 0.1) is 0 Å². The minimum absolute atomic E-state index is 0.0152. The minimum Gasteiger partial charge on any atom is -0.507 e. The van der Waals surface area contributed by atoms with E-state index in [1.165, 1.54) is 18.2 Å². The zero-order chi connectivity index (χ0) is 25.6. The van der Waals surface area contributed by atoms with Gasteiger partial charge in [0.1, 0.15) is 16.4 Å². The van der Waals surface area contributed by atoms with Gasteiger partial charge >= 0.3 is 0 Å². The molecule has 6 rings (SSSR count). The lowest BCUT2D eigenvalue weighted by atomic mass is 9.79. The summed E-state index contributed by atoms with van der Waals surface area (Å²) in [6, 6.07) is 35.5. The van der Waals surface area contributed by atoms with Crippen molar-refractivity contribution in [2.75, 3.05) is 0 Å². The van der Waals surface area contributed by atoms with E-state index >= 15 is 0 Å². The SMILES string of the molecule is O=S1(=O)OC(c2ccc(-c3ccccc3)c(O)c2)(c2ccc(-c3ccccc3)c(O)c2)c2ccccc21. The van der Waals surface area contributed by atoms with Gasteiger partial charge < -0.3 is 10.2 Å². The zero-order valence-corrected chi connectivity index (χ0v) is 20.4. The van der Waals surface area contributed by atoms with Gasteiger partial charge in [0.2, 0.25) is 0 Å². The molecule has 182 valence electrons. The van der Waals surface area contributed by atoms with Crippen LogP contribution in [0.25, 0.3) is 22.3 Å². The summed E-state index contributed by atoms with van der Waals surface area (Å²) in [5, 5.41) is 22.1. The molecule has 1 heterocycles. The van der Waals surface area contributed by atoms with Gasteiger partial charge in [0.15, 0.2) is 5.60 Å². The molecule has 0 unspecified atom stereocenters. The number of phenols is 2. The van der Waals surface area contributed by atoms with Crippen LogP contribution in [0.5, 0.6) is 11.5 Å². The van der Waals surface area contributed by atoms with Crippen LogP contribution in [0.3, 0.4) is 0 Å². The summed E-state index contributed by atoms with van der Waals surface area (Å²) in [5.41, 5.74) is 2.52. The Bertz CT molecular complexity index is 1640. The van der Waals surface area contributed by atoms with Crippen molar-refractivity contribution in [2.24, 2.45) is 0 Å². The summed E-state index contributed by atoms with van der Waals surface area (Å²) >= 11 is 0. The van der Waals surface area contributed by atoms with E-state index in [4.69, 9.17) is 4.18 Å². The molecule has 0 radical (unpaired) electrons. The number of benzene rings is 5. The number of phenolic OH excluding ortho intramolecular Hbond substituents is 2. The molecule has 1 aliphatic heterocycles. The van der Waals surface area contributed by atoms with Crippen LogP contribution in [-0.2, 0) is 19.9 Å². The van der Waals surface area contributed by atoms with Gasteiger partial charge in [-0.05, 0) is 40.5 Å². The molecule has 0 aromatic heterocycles. The van der Waals surface area contributed by atoms with Crippen LogP contribution < -0.4 is 0 Å². The third kappa shape index (κ3) is 3.69. The molecular formula is C31H22O5S.